The van der Waals surface area contributed by atoms with E-state index in [-0.39, 0.29) is 7.43 Å². The SMILES string of the molecule is C.[B]C(=O)NC.[B]S(=O)CC. The average Bonchev–Trinajstić information content (AvgIpc) is 1.89. The van der Waals surface area contributed by atoms with E-state index < -0.39 is 16.5 Å². The Hall–Kier alpha value is -0.250. The molecule has 0 fully saturated rings. The summed E-state index contributed by atoms with van der Waals surface area (Å²) in [7, 11) is 9.71. The van der Waals surface area contributed by atoms with Crippen LogP contribution in [0, 0.1) is 0 Å². The summed E-state index contributed by atoms with van der Waals surface area (Å²) in [5, 5.41) is 2.17. The number of hydrogen-bond acceptors (Lipinski definition) is 2. The monoisotopic (exact) mass is 173 g/mol. The quantitative estimate of drug-likeness (QED) is 0.565. The van der Waals surface area contributed by atoms with Crippen molar-refractivity contribution < 1.29 is 9.00 Å². The molecule has 1 unspecified atom stereocenters. The molecule has 0 rings (SSSR count). The van der Waals surface area contributed by atoms with Crippen molar-refractivity contribution in [3.8, 4) is 0 Å². The summed E-state index contributed by atoms with van der Waals surface area (Å²) in [6.45, 7) is 1.77. The molecule has 11 heavy (non-hydrogen) atoms. The maximum absolute atomic E-state index is 9.70. The van der Waals surface area contributed by atoms with Crippen LogP contribution in [-0.2, 0) is 10.7 Å². The Kier molecular flexibility index (Phi) is 19.2. The van der Waals surface area contributed by atoms with Crippen molar-refractivity contribution in [1.29, 1.82) is 0 Å². The molecule has 62 valence electrons. The smallest absolute Gasteiger partial charge is 0.210 e. The lowest BCUT2D eigenvalue weighted by molar-refractivity contribution is 0.261. The Morgan fingerprint density at radius 3 is 1.82 bits per heavy atom. The standard InChI is InChI=1S/C2H4BNO.C2H5BOS.CH4/c1-4-2(3)5;1-2-5(3)4;/h1H3,(H,4,5);2H2,1H3;1H4. The van der Waals surface area contributed by atoms with Crippen LogP contribution in [-0.4, -0.2) is 37.8 Å². The van der Waals surface area contributed by atoms with E-state index in [0.29, 0.717) is 5.75 Å². The molecule has 4 radical (unpaired) electrons. The van der Waals surface area contributed by atoms with Gasteiger partial charge in [0.2, 0.25) is 7.12 Å². The highest BCUT2D eigenvalue weighted by Gasteiger charge is 1.73. The van der Waals surface area contributed by atoms with E-state index in [1.807, 2.05) is 0 Å². The molecule has 0 bridgehead atoms. The van der Waals surface area contributed by atoms with E-state index in [2.05, 4.69) is 13.2 Å². The maximum Gasteiger partial charge on any atom is 0.210 e. The van der Waals surface area contributed by atoms with Crippen LogP contribution in [0.25, 0.3) is 0 Å². The van der Waals surface area contributed by atoms with Crippen molar-refractivity contribution in [2.75, 3.05) is 12.8 Å². The number of carbonyl (C=O) groups is 1. The molecule has 0 aliphatic heterocycles. The summed E-state index contributed by atoms with van der Waals surface area (Å²) in [4.78, 5) is 9.48. The van der Waals surface area contributed by atoms with Gasteiger partial charge in [-0.1, -0.05) is 14.4 Å². The zero-order chi connectivity index (χ0) is 8.57. The third kappa shape index (κ3) is 41.6. The van der Waals surface area contributed by atoms with E-state index >= 15 is 0 Å². The van der Waals surface area contributed by atoms with Crippen molar-refractivity contribution >= 4 is 31.4 Å². The Balaban J connectivity index is -0.000000107. The average molecular weight is 173 g/mol. The fourth-order valence-electron chi connectivity index (χ4n) is 0. The normalized spacial score (nSPS) is 9.64. The number of carbonyl (C=O) groups excluding carboxylic acids is 1. The second kappa shape index (κ2) is 12.4. The summed E-state index contributed by atoms with van der Waals surface area (Å²) in [5.74, 6) is 0.0602. The molecule has 0 aliphatic carbocycles. The van der Waals surface area contributed by atoms with E-state index in [9.17, 15) is 9.00 Å². The zero-order valence-corrected chi connectivity index (χ0v) is 6.90. The minimum atomic E-state index is -1.07. The second-order valence-corrected chi connectivity index (χ2v) is 2.62. The lowest BCUT2D eigenvalue weighted by Crippen LogP contribution is -2.14. The molecule has 0 saturated carbocycles. The summed E-state index contributed by atoms with van der Waals surface area (Å²) in [5.41, 5.74) is 0. The topological polar surface area (TPSA) is 46.2 Å². The predicted molar refractivity (Wildman–Crippen MR) is 51.4 cm³/mol. The Morgan fingerprint density at radius 2 is 1.82 bits per heavy atom. The van der Waals surface area contributed by atoms with Crippen LogP contribution in [0.3, 0.4) is 0 Å². The molecule has 0 saturated heterocycles. The van der Waals surface area contributed by atoms with Crippen molar-refractivity contribution in [3.05, 3.63) is 0 Å². The molecule has 0 aromatic heterocycles. The van der Waals surface area contributed by atoms with Gasteiger partial charge >= 0.3 is 0 Å². The molecule has 1 amide bonds. The van der Waals surface area contributed by atoms with Gasteiger partial charge in [-0.2, -0.15) is 0 Å². The van der Waals surface area contributed by atoms with Gasteiger partial charge in [-0.05, 0) is 10.7 Å². The predicted octanol–water partition coefficient (Wildman–Crippen LogP) is -0.0311. The summed E-state index contributed by atoms with van der Waals surface area (Å²) >= 11 is 0. The molecule has 6 heteroatoms. The number of amides is 1. The first kappa shape index (κ1) is 17.0. The molecular formula is C5H13B2NO2S. The van der Waals surface area contributed by atoms with Crippen LogP contribution in [0.1, 0.15) is 14.4 Å². The summed E-state index contributed by atoms with van der Waals surface area (Å²) in [6, 6.07) is 0. The van der Waals surface area contributed by atoms with E-state index in [0.717, 1.165) is 0 Å². The highest BCUT2D eigenvalue weighted by molar-refractivity contribution is 8.06. The van der Waals surface area contributed by atoms with Gasteiger partial charge in [0.25, 0.3) is 0 Å². The Morgan fingerprint density at radius 1 is 1.64 bits per heavy atom. The first-order valence-corrected chi connectivity index (χ1v) is 4.02. The molecule has 1 N–H and O–H groups in total. The van der Waals surface area contributed by atoms with Crippen molar-refractivity contribution in [2.24, 2.45) is 0 Å². The Labute approximate surface area is 73.5 Å². The van der Waals surface area contributed by atoms with Crippen LogP contribution in [0.4, 0.5) is 4.79 Å². The van der Waals surface area contributed by atoms with E-state index in [1.54, 1.807) is 6.92 Å². The molecule has 0 aromatic rings. The summed E-state index contributed by atoms with van der Waals surface area (Å²) < 4.78 is 9.70. The lowest BCUT2D eigenvalue weighted by Gasteiger charge is -1.80. The molecule has 0 aromatic carbocycles. The van der Waals surface area contributed by atoms with Gasteiger partial charge in [-0.25, -0.2) is 0 Å². The molecule has 0 aliphatic rings. The number of rotatable bonds is 1. The highest BCUT2D eigenvalue weighted by Crippen LogP contribution is 1.62. The highest BCUT2D eigenvalue weighted by atomic mass is 32.2. The first-order chi connectivity index (χ1) is 4.54. The maximum atomic E-state index is 9.70. The van der Waals surface area contributed by atoms with Crippen LogP contribution < -0.4 is 5.32 Å². The first-order valence-electron chi connectivity index (χ1n) is 2.64. The van der Waals surface area contributed by atoms with Gasteiger partial charge in [0.1, 0.15) is 0 Å². The minimum Gasteiger partial charge on any atom is -0.369 e. The molecule has 3 nitrogen and oxygen atoms in total. The number of hydrogen-bond donors (Lipinski definition) is 1. The lowest BCUT2D eigenvalue weighted by atomic mass is 10.1. The zero-order valence-electron chi connectivity index (χ0n) is 6.09. The van der Waals surface area contributed by atoms with Crippen LogP contribution >= 0.6 is 0 Å². The van der Waals surface area contributed by atoms with Gasteiger partial charge in [-0.15, -0.1) is 0 Å². The minimum absolute atomic E-state index is 0. The van der Waals surface area contributed by atoms with Crippen molar-refractivity contribution in [1.82, 2.24) is 5.32 Å². The van der Waals surface area contributed by atoms with E-state index in [4.69, 9.17) is 7.12 Å². The molecule has 1 atom stereocenters. The second-order valence-electron chi connectivity index (χ2n) is 1.28. The van der Waals surface area contributed by atoms with Crippen LogP contribution in [0.15, 0.2) is 0 Å². The molecular weight excluding hydrogens is 160 g/mol. The van der Waals surface area contributed by atoms with Gasteiger partial charge < -0.3 is 5.32 Å². The van der Waals surface area contributed by atoms with Crippen LogP contribution in [0.5, 0.6) is 0 Å². The van der Waals surface area contributed by atoms with Crippen LogP contribution in [0.2, 0.25) is 0 Å². The third-order valence-electron chi connectivity index (χ3n) is 0.531. The third-order valence-corrected chi connectivity index (χ3v) is 1.10. The largest absolute Gasteiger partial charge is 0.369 e. The number of nitrogens with one attached hydrogen (secondary N) is 1. The van der Waals surface area contributed by atoms with Gasteiger partial charge in [0.05, 0.1) is 0 Å². The fourth-order valence-corrected chi connectivity index (χ4v) is 0. The summed E-state index contributed by atoms with van der Waals surface area (Å²) in [6.07, 6.45) is 0. The van der Waals surface area contributed by atoms with Gasteiger partial charge in [0.15, 0.2) is 13.7 Å². The fraction of sp³-hybridized carbons (Fsp3) is 0.800. The van der Waals surface area contributed by atoms with E-state index in [1.165, 1.54) is 7.05 Å². The Bertz CT molecular complexity index is 107. The molecule has 0 heterocycles. The van der Waals surface area contributed by atoms with Gasteiger partial charge in [0, 0.05) is 12.8 Å². The molecule has 0 spiro atoms. The van der Waals surface area contributed by atoms with Crippen molar-refractivity contribution in [2.45, 2.75) is 14.4 Å². The van der Waals surface area contributed by atoms with Gasteiger partial charge in [-0.3, -0.25) is 9.00 Å². The van der Waals surface area contributed by atoms with Crippen molar-refractivity contribution in [3.63, 3.8) is 0 Å².